The summed E-state index contributed by atoms with van der Waals surface area (Å²) >= 11 is 0. The second kappa shape index (κ2) is 6.96. The van der Waals surface area contributed by atoms with E-state index >= 15 is 0 Å². The summed E-state index contributed by atoms with van der Waals surface area (Å²) in [6.07, 6.45) is 4.84. The fourth-order valence-electron chi connectivity index (χ4n) is 3.73. The number of aromatic nitrogens is 4. The summed E-state index contributed by atoms with van der Waals surface area (Å²) in [4.78, 5) is 36.5. The monoisotopic (exact) mass is 367 g/mol. The molecule has 0 radical (unpaired) electrons. The zero-order chi connectivity index (χ0) is 19.0. The molecule has 3 heterocycles. The van der Waals surface area contributed by atoms with Crippen molar-refractivity contribution in [3.05, 3.63) is 63.2 Å². The van der Waals surface area contributed by atoms with Crippen molar-refractivity contribution >= 4 is 16.7 Å². The standard InChI is InChI=1S/C19H21N5O3/c1-22-10-8-20-17(19(22)27)23-9-4-7-15(23)16-21-14-6-3-2-5-13(14)18(26)24(16)11-12-25/h2-3,5-6,8,10,15,25H,4,7,9,11-12H2,1H3. The molecule has 1 aromatic carbocycles. The van der Waals surface area contributed by atoms with Gasteiger partial charge in [-0.3, -0.25) is 14.2 Å². The molecular formula is C19H21N5O3. The number of aliphatic hydroxyl groups is 1. The molecule has 0 aliphatic carbocycles. The van der Waals surface area contributed by atoms with E-state index in [4.69, 9.17) is 4.98 Å². The summed E-state index contributed by atoms with van der Waals surface area (Å²) in [7, 11) is 1.69. The van der Waals surface area contributed by atoms with Crippen molar-refractivity contribution in [2.24, 2.45) is 7.05 Å². The van der Waals surface area contributed by atoms with Gasteiger partial charge >= 0.3 is 0 Å². The van der Waals surface area contributed by atoms with E-state index in [1.165, 1.54) is 9.13 Å². The first kappa shape index (κ1) is 17.4. The molecule has 1 N–H and O–H groups in total. The van der Waals surface area contributed by atoms with Crippen LogP contribution in [0.4, 0.5) is 5.82 Å². The first-order valence-corrected chi connectivity index (χ1v) is 9.00. The molecule has 3 aromatic rings. The van der Waals surface area contributed by atoms with Crippen LogP contribution in [0.5, 0.6) is 0 Å². The molecule has 8 nitrogen and oxygen atoms in total. The molecule has 1 aliphatic rings. The first-order valence-electron chi connectivity index (χ1n) is 9.00. The maximum atomic E-state index is 13.0. The van der Waals surface area contributed by atoms with Gasteiger partial charge in [-0.1, -0.05) is 12.1 Å². The summed E-state index contributed by atoms with van der Waals surface area (Å²) in [6, 6.07) is 6.95. The summed E-state index contributed by atoms with van der Waals surface area (Å²) in [6.45, 7) is 0.667. The fourth-order valence-corrected chi connectivity index (χ4v) is 3.73. The molecule has 1 fully saturated rings. The number of rotatable bonds is 4. The Kier molecular flexibility index (Phi) is 4.49. The lowest BCUT2D eigenvalue weighted by Crippen LogP contribution is -2.36. The number of para-hydroxylation sites is 1. The van der Waals surface area contributed by atoms with Gasteiger partial charge in [0.2, 0.25) is 0 Å². The van der Waals surface area contributed by atoms with E-state index in [0.29, 0.717) is 29.1 Å². The third-order valence-electron chi connectivity index (χ3n) is 5.04. The summed E-state index contributed by atoms with van der Waals surface area (Å²) in [5, 5.41) is 10.0. The van der Waals surface area contributed by atoms with Gasteiger partial charge in [-0.25, -0.2) is 9.97 Å². The van der Waals surface area contributed by atoms with Gasteiger partial charge in [0.15, 0.2) is 5.82 Å². The van der Waals surface area contributed by atoms with Gasteiger partial charge in [-0.15, -0.1) is 0 Å². The highest BCUT2D eigenvalue weighted by Gasteiger charge is 2.32. The number of aliphatic hydroxyl groups excluding tert-OH is 1. The Morgan fingerprint density at radius 3 is 2.85 bits per heavy atom. The van der Waals surface area contributed by atoms with Gasteiger partial charge in [-0.2, -0.15) is 0 Å². The van der Waals surface area contributed by atoms with E-state index in [2.05, 4.69) is 4.98 Å². The van der Waals surface area contributed by atoms with E-state index in [1.807, 2.05) is 17.0 Å². The Bertz CT molecular complexity index is 1100. The van der Waals surface area contributed by atoms with Crippen LogP contribution in [0.25, 0.3) is 10.9 Å². The van der Waals surface area contributed by atoms with Crippen molar-refractivity contribution in [1.82, 2.24) is 19.1 Å². The van der Waals surface area contributed by atoms with Crippen molar-refractivity contribution in [1.29, 1.82) is 0 Å². The largest absolute Gasteiger partial charge is 0.395 e. The fraction of sp³-hybridized carbons (Fsp3) is 0.368. The predicted molar refractivity (Wildman–Crippen MR) is 102 cm³/mol. The van der Waals surface area contributed by atoms with Crippen LogP contribution in [0.2, 0.25) is 0 Å². The molecule has 8 heteroatoms. The number of fused-ring (bicyclic) bond motifs is 1. The molecule has 0 saturated carbocycles. The van der Waals surface area contributed by atoms with E-state index < -0.39 is 0 Å². The number of hydrogen-bond acceptors (Lipinski definition) is 6. The average Bonchev–Trinajstić information content (AvgIpc) is 3.15. The zero-order valence-corrected chi connectivity index (χ0v) is 15.1. The molecule has 2 aromatic heterocycles. The highest BCUT2D eigenvalue weighted by atomic mass is 16.3. The SMILES string of the molecule is Cn1ccnc(N2CCCC2c2nc3ccccc3c(=O)n2CCO)c1=O. The predicted octanol–water partition coefficient (Wildman–Crippen LogP) is 0.824. The lowest BCUT2D eigenvalue weighted by Gasteiger charge is -2.27. The van der Waals surface area contributed by atoms with Gasteiger partial charge in [-0.05, 0) is 25.0 Å². The molecule has 1 saturated heterocycles. The van der Waals surface area contributed by atoms with Crippen LogP contribution in [-0.4, -0.2) is 37.4 Å². The number of benzene rings is 1. The smallest absolute Gasteiger partial charge is 0.293 e. The van der Waals surface area contributed by atoms with Crippen molar-refractivity contribution in [2.45, 2.75) is 25.4 Å². The Morgan fingerprint density at radius 2 is 2.04 bits per heavy atom. The number of hydrogen-bond donors (Lipinski definition) is 1. The summed E-state index contributed by atoms with van der Waals surface area (Å²) in [5.74, 6) is 0.929. The topological polar surface area (TPSA) is 93.2 Å². The highest BCUT2D eigenvalue weighted by molar-refractivity contribution is 5.77. The third kappa shape index (κ3) is 2.91. The highest BCUT2D eigenvalue weighted by Crippen LogP contribution is 2.33. The summed E-state index contributed by atoms with van der Waals surface area (Å²) in [5.41, 5.74) is 0.263. The first-order chi connectivity index (χ1) is 13.1. The second-order valence-corrected chi connectivity index (χ2v) is 6.69. The van der Waals surface area contributed by atoms with E-state index in [9.17, 15) is 14.7 Å². The van der Waals surface area contributed by atoms with Gasteiger partial charge in [0.05, 0.1) is 30.1 Å². The lowest BCUT2D eigenvalue weighted by molar-refractivity contribution is 0.270. The van der Waals surface area contributed by atoms with Crippen LogP contribution < -0.4 is 16.0 Å². The normalized spacial score (nSPS) is 17.0. The zero-order valence-electron chi connectivity index (χ0n) is 15.1. The quantitative estimate of drug-likeness (QED) is 0.734. The second-order valence-electron chi connectivity index (χ2n) is 6.69. The van der Waals surface area contributed by atoms with Crippen molar-refractivity contribution in [3.8, 4) is 0 Å². The minimum atomic E-state index is -0.239. The number of aryl methyl sites for hydroxylation is 1. The van der Waals surface area contributed by atoms with Crippen LogP contribution >= 0.6 is 0 Å². The maximum absolute atomic E-state index is 13.0. The Balaban J connectivity index is 1.90. The molecular weight excluding hydrogens is 346 g/mol. The molecule has 1 aliphatic heterocycles. The van der Waals surface area contributed by atoms with E-state index in [-0.39, 0.29) is 30.3 Å². The third-order valence-corrected chi connectivity index (χ3v) is 5.04. The van der Waals surface area contributed by atoms with Crippen LogP contribution in [0.1, 0.15) is 24.7 Å². The maximum Gasteiger partial charge on any atom is 0.293 e. The minimum absolute atomic E-state index is 0.162. The van der Waals surface area contributed by atoms with Gasteiger partial charge < -0.3 is 14.6 Å². The van der Waals surface area contributed by atoms with Crippen LogP contribution in [0.3, 0.4) is 0 Å². The van der Waals surface area contributed by atoms with Crippen LogP contribution in [0.15, 0.2) is 46.2 Å². The average molecular weight is 367 g/mol. The Hall–Kier alpha value is -3.00. The van der Waals surface area contributed by atoms with E-state index in [0.717, 1.165) is 12.8 Å². The molecule has 140 valence electrons. The molecule has 1 atom stereocenters. The lowest BCUT2D eigenvalue weighted by atomic mass is 10.1. The van der Waals surface area contributed by atoms with Crippen molar-refractivity contribution < 1.29 is 5.11 Å². The number of nitrogens with zero attached hydrogens (tertiary/aromatic N) is 5. The number of anilines is 1. The molecule has 1 unspecified atom stereocenters. The minimum Gasteiger partial charge on any atom is -0.395 e. The molecule has 4 rings (SSSR count). The molecule has 0 spiro atoms. The molecule has 0 amide bonds. The Morgan fingerprint density at radius 1 is 1.22 bits per heavy atom. The molecule has 27 heavy (non-hydrogen) atoms. The van der Waals surface area contributed by atoms with Crippen molar-refractivity contribution in [3.63, 3.8) is 0 Å². The van der Waals surface area contributed by atoms with Gasteiger partial charge in [0.25, 0.3) is 11.1 Å². The van der Waals surface area contributed by atoms with Crippen molar-refractivity contribution in [2.75, 3.05) is 18.1 Å². The van der Waals surface area contributed by atoms with Crippen LogP contribution in [0, 0.1) is 0 Å². The Labute approximate surface area is 155 Å². The van der Waals surface area contributed by atoms with Crippen LogP contribution in [-0.2, 0) is 13.6 Å². The van der Waals surface area contributed by atoms with Gasteiger partial charge in [0.1, 0.15) is 5.82 Å². The van der Waals surface area contributed by atoms with E-state index in [1.54, 1.807) is 31.6 Å². The summed E-state index contributed by atoms with van der Waals surface area (Å²) < 4.78 is 3.02. The molecule has 0 bridgehead atoms. The van der Waals surface area contributed by atoms with Gasteiger partial charge in [0, 0.05) is 26.0 Å².